The molecule has 0 atom stereocenters. The number of halogens is 4. The lowest BCUT2D eigenvalue weighted by Gasteiger charge is -2.07. The second-order valence-electron chi connectivity index (χ2n) is 2.92. The number of alkyl halides is 3. The summed E-state index contributed by atoms with van der Waals surface area (Å²) in [5.41, 5.74) is 1.09. The van der Waals surface area contributed by atoms with Gasteiger partial charge in [0.05, 0.1) is 0 Å². The molecule has 0 fully saturated rings. The molecule has 1 aromatic carbocycles. The van der Waals surface area contributed by atoms with Crippen LogP contribution in [0.15, 0.2) is 22.7 Å². The lowest BCUT2D eigenvalue weighted by Crippen LogP contribution is -2.02. The van der Waals surface area contributed by atoms with Crippen molar-refractivity contribution in [2.45, 2.75) is 19.5 Å². The molecule has 5 heteroatoms. The topological polar surface area (TPSA) is 9.23 Å². The Kier molecular flexibility index (Phi) is 5.53. The Labute approximate surface area is 104 Å². The van der Waals surface area contributed by atoms with E-state index < -0.39 is 6.61 Å². The van der Waals surface area contributed by atoms with E-state index in [4.69, 9.17) is 0 Å². The molecule has 1 rings (SSSR count). The van der Waals surface area contributed by atoms with Crippen LogP contribution in [0.25, 0.3) is 0 Å². The Bertz CT molecular complexity index is 318. The molecule has 0 saturated heterocycles. The highest BCUT2D eigenvalue weighted by Gasteiger charge is 2.06. The maximum absolute atomic E-state index is 11.9. The van der Waals surface area contributed by atoms with Crippen LogP contribution in [0.3, 0.4) is 0 Å². The summed E-state index contributed by atoms with van der Waals surface area (Å²) in [6.07, 6.45) is 1.91. The van der Waals surface area contributed by atoms with Crippen molar-refractivity contribution >= 4 is 31.9 Å². The quantitative estimate of drug-likeness (QED) is 0.721. The maximum atomic E-state index is 11.9. The van der Waals surface area contributed by atoms with Crippen LogP contribution in [0.5, 0.6) is 5.75 Å². The van der Waals surface area contributed by atoms with Crippen LogP contribution >= 0.6 is 31.9 Å². The molecule has 0 bridgehead atoms. The van der Waals surface area contributed by atoms with Crippen molar-refractivity contribution in [2.24, 2.45) is 0 Å². The number of aryl methyl sites for hydroxylation is 1. The minimum absolute atomic E-state index is 0.180. The molecule has 0 spiro atoms. The summed E-state index contributed by atoms with van der Waals surface area (Å²) in [6, 6.07) is 4.92. The van der Waals surface area contributed by atoms with Gasteiger partial charge in [0.25, 0.3) is 0 Å². The first-order valence-corrected chi connectivity index (χ1v) is 6.34. The van der Waals surface area contributed by atoms with Crippen molar-refractivity contribution in [3.05, 3.63) is 28.2 Å². The monoisotopic (exact) mass is 342 g/mol. The molecule has 0 unspecified atom stereocenters. The van der Waals surface area contributed by atoms with Gasteiger partial charge in [0, 0.05) is 9.80 Å². The normalized spacial score (nSPS) is 10.7. The van der Waals surface area contributed by atoms with Crippen molar-refractivity contribution in [3.63, 3.8) is 0 Å². The fourth-order valence-electron chi connectivity index (χ4n) is 1.16. The van der Waals surface area contributed by atoms with E-state index in [9.17, 15) is 8.78 Å². The zero-order chi connectivity index (χ0) is 11.3. The van der Waals surface area contributed by atoms with Gasteiger partial charge in [-0.1, -0.05) is 37.9 Å². The lowest BCUT2D eigenvalue weighted by molar-refractivity contribution is -0.0498. The summed E-state index contributed by atoms with van der Waals surface area (Å²) >= 11 is 6.67. The molecule has 0 heterocycles. The Balaban J connectivity index is 2.69. The van der Waals surface area contributed by atoms with Gasteiger partial charge < -0.3 is 4.74 Å². The third kappa shape index (κ3) is 4.47. The van der Waals surface area contributed by atoms with E-state index in [1.165, 1.54) is 0 Å². The first-order valence-electron chi connectivity index (χ1n) is 4.42. The van der Waals surface area contributed by atoms with Crippen LogP contribution in [0.4, 0.5) is 8.78 Å². The highest BCUT2D eigenvalue weighted by Crippen LogP contribution is 2.25. The molecule has 0 aromatic heterocycles. The first kappa shape index (κ1) is 12.9. The molecule has 84 valence electrons. The van der Waals surface area contributed by atoms with Crippen molar-refractivity contribution in [3.8, 4) is 5.75 Å². The molecular weight excluding hydrogens is 334 g/mol. The number of hydrogen-bond donors (Lipinski definition) is 0. The summed E-state index contributed by atoms with van der Waals surface area (Å²) in [6.45, 7) is -2.77. The lowest BCUT2D eigenvalue weighted by atomic mass is 10.1. The Morgan fingerprint density at radius 2 is 2.07 bits per heavy atom. The molecule has 1 nitrogen and oxygen atoms in total. The van der Waals surface area contributed by atoms with Gasteiger partial charge in [0.2, 0.25) is 0 Å². The third-order valence-corrected chi connectivity index (χ3v) is 3.13. The van der Waals surface area contributed by atoms with Crippen molar-refractivity contribution in [1.82, 2.24) is 0 Å². The molecule has 15 heavy (non-hydrogen) atoms. The minimum atomic E-state index is -2.77. The van der Waals surface area contributed by atoms with E-state index in [0.29, 0.717) is 0 Å². The van der Waals surface area contributed by atoms with Gasteiger partial charge in [-0.3, -0.25) is 0 Å². The summed E-state index contributed by atoms with van der Waals surface area (Å²) in [7, 11) is 0. The average molecular weight is 344 g/mol. The van der Waals surface area contributed by atoms with Crippen LogP contribution in [-0.4, -0.2) is 11.9 Å². The van der Waals surface area contributed by atoms with E-state index in [1.54, 1.807) is 18.2 Å². The molecule has 0 N–H and O–H groups in total. The predicted molar refractivity (Wildman–Crippen MR) is 62.9 cm³/mol. The van der Waals surface area contributed by atoms with E-state index >= 15 is 0 Å². The summed E-state index contributed by atoms with van der Waals surface area (Å²) in [5, 5.41) is 0.925. The highest BCUT2D eigenvalue weighted by molar-refractivity contribution is 9.10. The average Bonchev–Trinajstić information content (AvgIpc) is 2.15. The highest BCUT2D eigenvalue weighted by atomic mass is 79.9. The standard InChI is InChI=1S/C10H10Br2F2O/c11-5-1-2-7-3-4-8(6-9(7)12)15-10(13)14/h3-4,6,10H,1-2,5H2. The van der Waals surface area contributed by atoms with Crippen molar-refractivity contribution in [1.29, 1.82) is 0 Å². The third-order valence-electron chi connectivity index (χ3n) is 1.83. The zero-order valence-electron chi connectivity index (χ0n) is 7.85. The summed E-state index contributed by atoms with van der Waals surface area (Å²) < 4.78 is 28.9. The SMILES string of the molecule is FC(F)Oc1ccc(CCCBr)c(Br)c1. The first-order chi connectivity index (χ1) is 7.13. The number of hydrogen-bond acceptors (Lipinski definition) is 1. The van der Waals surface area contributed by atoms with Crippen LogP contribution in [0, 0.1) is 0 Å². The van der Waals surface area contributed by atoms with Crippen LogP contribution in [0.1, 0.15) is 12.0 Å². The molecule has 0 aliphatic rings. The van der Waals surface area contributed by atoms with Crippen LogP contribution in [-0.2, 0) is 6.42 Å². The van der Waals surface area contributed by atoms with Crippen molar-refractivity contribution in [2.75, 3.05) is 5.33 Å². The Hall–Kier alpha value is -0.160. The van der Waals surface area contributed by atoms with E-state index in [1.807, 2.05) is 0 Å². The molecule has 0 radical (unpaired) electrons. The van der Waals surface area contributed by atoms with E-state index in [-0.39, 0.29) is 5.75 Å². The van der Waals surface area contributed by atoms with E-state index in [2.05, 4.69) is 36.6 Å². The fraction of sp³-hybridized carbons (Fsp3) is 0.400. The summed E-state index contributed by atoms with van der Waals surface area (Å²) in [5.74, 6) is 0.180. The second-order valence-corrected chi connectivity index (χ2v) is 4.57. The number of ether oxygens (including phenoxy) is 1. The minimum Gasteiger partial charge on any atom is -0.435 e. The summed E-state index contributed by atoms with van der Waals surface area (Å²) in [4.78, 5) is 0. The Morgan fingerprint density at radius 3 is 2.60 bits per heavy atom. The number of benzene rings is 1. The van der Waals surface area contributed by atoms with Gasteiger partial charge in [0.1, 0.15) is 5.75 Å². The van der Waals surface area contributed by atoms with Gasteiger partial charge in [0.15, 0.2) is 0 Å². The molecule has 0 saturated carbocycles. The van der Waals surface area contributed by atoms with Gasteiger partial charge in [-0.25, -0.2) is 0 Å². The molecule has 0 aliphatic carbocycles. The van der Waals surface area contributed by atoms with Crippen LogP contribution < -0.4 is 4.74 Å². The predicted octanol–water partition coefficient (Wildman–Crippen LogP) is 4.38. The maximum Gasteiger partial charge on any atom is 0.387 e. The van der Waals surface area contributed by atoms with Gasteiger partial charge in [-0.15, -0.1) is 0 Å². The van der Waals surface area contributed by atoms with Crippen LogP contribution in [0.2, 0.25) is 0 Å². The second kappa shape index (κ2) is 6.43. The Morgan fingerprint density at radius 1 is 1.33 bits per heavy atom. The number of rotatable bonds is 5. The largest absolute Gasteiger partial charge is 0.435 e. The van der Waals surface area contributed by atoms with Crippen molar-refractivity contribution < 1.29 is 13.5 Å². The van der Waals surface area contributed by atoms with Gasteiger partial charge in [-0.2, -0.15) is 8.78 Å². The van der Waals surface area contributed by atoms with Gasteiger partial charge >= 0.3 is 6.61 Å². The van der Waals surface area contributed by atoms with E-state index in [0.717, 1.165) is 28.2 Å². The molecule has 0 aliphatic heterocycles. The smallest absolute Gasteiger partial charge is 0.387 e. The molecule has 0 amide bonds. The van der Waals surface area contributed by atoms with Gasteiger partial charge in [-0.05, 0) is 30.5 Å². The molecular formula is C10H10Br2F2O. The zero-order valence-corrected chi connectivity index (χ0v) is 11.0. The fourth-order valence-corrected chi connectivity index (χ4v) is 2.00. The molecule has 1 aromatic rings.